The van der Waals surface area contributed by atoms with Crippen molar-refractivity contribution in [3.05, 3.63) is 30.8 Å². The molecule has 0 aliphatic heterocycles. The zero-order valence-corrected chi connectivity index (χ0v) is 13.0. The maximum absolute atomic E-state index is 12.1. The summed E-state index contributed by atoms with van der Waals surface area (Å²) < 4.78 is 10.6. The lowest BCUT2D eigenvalue weighted by Gasteiger charge is -2.15. The normalized spacial score (nSPS) is 12.2. The summed E-state index contributed by atoms with van der Waals surface area (Å²) in [5, 5.41) is 2.80. The molecule has 0 spiro atoms. The minimum Gasteiger partial charge on any atom is -0.496 e. The van der Waals surface area contributed by atoms with Gasteiger partial charge in [-0.05, 0) is 24.5 Å². The van der Waals surface area contributed by atoms with Gasteiger partial charge in [0.05, 0.1) is 24.9 Å². The van der Waals surface area contributed by atoms with E-state index in [1.54, 1.807) is 25.4 Å². The molecule has 1 aromatic heterocycles. The van der Waals surface area contributed by atoms with Crippen molar-refractivity contribution >= 4 is 11.6 Å². The predicted molar refractivity (Wildman–Crippen MR) is 84.6 cm³/mol. The van der Waals surface area contributed by atoms with Gasteiger partial charge in [0.2, 0.25) is 5.91 Å². The molecular weight excluding hydrogens is 282 g/mol. The highest BCUT2D eigenvalue weighted by atomic mass is 16.5. The average Bonchev–Trinajstić information content (AvgIpc) is 3.00. The van der Waals surface area contributed by atoms with Gasteiger partial charge in [-0.25, -0.2) is 4.98 Å². The number of hydrogen-bond acceptors (Lipinski definition) is 5. The molecule has 6 nitrogen and oxygen atoms in total. The lowest BCUT2D eigenvalue weighted by Crippen LogP contribution is -2.36. The van der Waals surface area contributed by atoms with Crippen LogP contribution >= 0.6 is 0 Å². The molecule has 0 fully saturated rings. The Labute approximate surface area is 129 Å². The van der Waals surface area contributed by atoms with Gasteiger partial charge in [0.1, 0.15) is 5.75 Å². The molecule has 2 aromatic rings. The first kappa shape index (κ1) is 16.0. The van der Waals surface area contributed by atoms with Crippen molar-refractivity contribution in [3.8, 4) is 17.1 Å². The standard InChI is InChI=1S/C16H21N3O3/c1-10(2)6-13(17)16(20)19-11-4-5-12(14(7-11)21-3)15-8-18-9-22-15/h4-5,7-10,13H,6,17H2,1-3H3,(H,19,20)/t13-/m0/s1. The van der Waals surface area contributed by atoms with Gasteiger partial charge in [-0.3, -0.25) is 4.79 Å². The highest BCUT2D eigenvalue weighted by Crippen LogP contribution is 2.32. The van der Waals surface area contributed by atoms with Crippen LogP contribution in [0.1, 0.15) is 20.3 Å². The van der Waals surface area contributed by atoms with Gasteiger partial charge in [-0.1, -0.05) is 13.8 Å². The van der Waals surface area contributed by atoms with E-state index < -0.39 is 6.04 Å². The van der Waals surface area contributed by atoms with Gasteiger partial charge in [0.25, 0.3) is 0 Å². The van der Waals surface area contributed by atoms with E-state index in [2.05, 4.69) is 10.3 Å². The maximum Gasteiger partial charge on any atom is 0.241 e. The van der Waals surface area contributed by atoms with Crippen LogP contribution in [0.2, 0.25) is 0 Å². The summed E-state index contributed by atoms with van der Waals surface area (Å²) in [6.45, 7) is 4.06. The van der Waals surface area contributed by atoms with Gasteiger partial charge >= 0.3 is 0 Å². The topological polar surface area (TPSA) is 90.4 Å². The third kappa shape index (κ3) is 3.85. The van der Waals surface area contributed by atoms with Gasteiger partial charge in [-0.2, -0.15) is 0 Å². The fourth-order valence-electron chi connectivity index (χ4n) is 2.17. The number of nitrogens with zero attached hydrogens (tertiary/aromatic N) is 1. The molecule has 0 bridgehead atoms. The van der Waals surface area contributed by atoms with Crippen LogP contribution in [0, 0.1) is 5.92 Å². The maximum atomic E-state index is 12.1. The summed E-state index contributed by atoms with van der Waals surface area (Å²) in [4.78, 5) is 15.9. The molecule has 6 heteroatoms. The van der Waals surface area contributed by atoms with E-state index >= 15 is 0 Å². The zero-order chi connectivity index (χ0) is 16.1. The monoisotopic (exact) mass is 303 g/mol. The number of carbonyl (C=O) groups excluding carboxylic acids is 1. The fraction of sp³-hybridized carbons (Fsp3) is 0.375. The number of benzene rings is 1. The van der Waals surface area contributed by atoms with Crippen molar-refractivity contribution in [2.75, 3.05) is 12.4 Å². The van der Waals surface area contributed by atoms with Crippen LogP contribution in [0.25, 0.3) is 11.3 Å². The molecule has 1 aromatic carbocycles. The summed E-state index contributed by atoms with van der Waals surface area (Å²) in [5.74, 6) is 1.35. The number of methoxy groups -OCH3 is 1. The molecule has 2 rings (SSSR count). The van der Waals surface area contributed by atoms with Crippen molar-refractivity contribution in [1.82, 2.24) is 4.98 Å². The Morgan fingerprint density at radius 3 is 2.82 bits per heavy atom. The summed E-state index contributed by atoms with van der Waals surface area (Å²) in [6.07, 6.45) is 3.60. The number of anilines is 1. The number of rotatable bonds is 6. The summed E-state index contributed by atoms with van der Waals surface area (Å²) in [6, 6.07) is 4.79. The Bertz CT molecular complexity index is 624. The molecule has 118 valence electrons. The third-order valence-corrected chi connectivity index (χ3v) is 3.23. The van der Waals surface area contributed by atoms with E-state index in [4.69, 9.17) is 14.9 Å². The number of aromatic nitrogens is 1. The first-order valence-corrected chi connectivity index (χ1v) is 7.14. The van der Waals surface area contributed by atoms with E-state index in [9.17, 15) is 4.79 Å². The number of amides is 1. The van der Waals surface area contributed by atoms with E-state index in [0.717, 1.165) is 5.56 Å². The van der Waals surface area contributed by atoms with Crippen LogP contribution in [0.3, 0.4) is 0 Å². The Morgan fingerprint density at radius 1 is 1.45 bits per heavy atom. The molecular formula is C16H21N3O3. The van der Waals surface area contributed by atoms with E-state index in [-0.39, 0.29) is 5.91 Å². The van der Waals surface area contributed by atoms with Crippen molar-refractivity contribution in [1.29, 1.82) is 0 Å². The number of nitrogens with one attached hydrogen (secondary N) is 1. The van der Waals surface area contributed by atoms with Gasteiger partial charge in [0.15, 0.2) is 12.2 Å². The second-order valence-corrected chi connectivity index (χ2v) is 5.51. The smallest absolute Gasteiger partial charge is 0.241 e. The molecule has 0 saturated carbocycles. The number of nitrogens with two attached hydrogens (primary N) is 1. The quantitative estimate of drug-likeness (QED) is 0.856. The van der Waals surface area contributed by atoms with E-state index in [1.165, 1.54) is 6.39 Å². The predicted octanol–water partition coefficient (Wildman–Crippen LogP) is 2.66. The molecule has 3 N–H and O–H groups in total. The number of hydrogen-bond donors (Lipinski definition) is 2. The number of oxazole rings is 1. The third-order valence-electron chi connectivity index (χ3n) is 3.23. The summed E-state index contributed by atoms with van der Waals surface area (Å²) in [7, 11) is 1.56. The SMILES string of the molecule is COc1cc(NC(=O)[C@@H](N)CC(C)C)ccc1-c1cnco1. The van der Waals surface area contributed by atoms with Crippen LogP contribution in [-0.4, -0.2) is 24.0 Å². The molecule has 0 radical (unpaired) electrons. The largest absolute Gasteiger partial charge is 0.496 e. The second kappa shape index (κ2) is 7.09. The highest BCUT2D eigenvalue weighted by Gasteiger charge is 2.16. The Balaban J connectivity index is 2.15. The first-order chi connectivity index (χ1) is 10.5. The zero-order valence-electron chi connectivity index (χ0n) is 13.0. The number of carbonyl (C=O) groups is 1. The Kier molecular flexibility index (Phi) is 5.16. The van der Waals surface area contributed by atoms with E-state index in [1.807, 2.05) is 19.9 Å². The number of ether oxygens (including phenoxy) is 1. The summed E-state index contributed by atoms with van der Waals surface area (Å²) >= 11 is 0. The highest BCUT2D eigenvalue weighted by molar-refractivity contribution is 5.95. The minimum absolute atomic E-state index is 0.205. The minimum atomic E-state index is -0.528. The van der Waals surface area contributed by atoms with Crippen LogP contribution in [0.5, 0.6) is 5.75 Å². The molecule has 0 aliphatic rings. The van der Waals surface area contributed by atoms with Crippen LogP contribution < -0.4 is 15.8 Å². The summed E-state index contributed by atoms with van der Waals surface area (Å²) in [5.41, 5.74) is 7.27. The molecule has 22 heavy (non-hydrogen) atoms. The van der Waals surface area contributed by atoms with Gasteiger partial charge in [-0.15, -0.1) is 0 Å². The van der Waals surface area contributed by atoms with Gasteiger partial charge < -0.3 is 20.2 Å². The Hall–Kier alpha value is -2.34. The van der Waals surface area contributed by atoms with Gasteiger partial charge in [0, 0.05) is 11.8 Å². The average molecular weight is 303 g/mol. The lowest BCUT2D eigenvalue weighted by molar-refractivity contribution is -0.117. The molecule has 0 aliphatic carbocycles. The Morgan fingerprint density at radius 2 is 2.23 bits per heavy atom. The van der Waals surface area contributed by atoms with Crippen LogP contribution in [-0.2, 0) is 4.79 Å². The lowest BCUT2D eigenvalue weighted by atomic mass is 10.0. The van der Waals surface area contributed by atoms with Crippen molar-refractivity contribution in [2.24, 2.45) is 11.7 Å². The van der Waals surface area contributed by atoms with Crippen molar-refractivity contribution < 1.29 is 13.9 Å². The van der Waals surface area contributed by atoms with Crippen LogP contribution in [0.4, 0.5) is 5.69 Å². The molecule has 0 unspecified atom stereocenters. The molecule has 1 amide bonds. The van der Waals surface area contributed by atoms with Crippen molar-refractivity contribution in [2.45, 2.75) is 26.3 Å². The second-order valence-electron chi connectivity index (χ2n) is 5.51. The van der Waals surface area contributed by atoms with Crippen molar-refractivity contribution in [3.63, 3.8) is 0 Å². The fourth-order valence-corrected chi connectivity index (χ4v) is 2.17. The molecule has 1 heterocycles. The first-order valence-electron chi connectivity index (χ1n) is 7.14. The van der Waals surface area contributed by atoms with E-state index in [0.29, 0.717) is 29.5 Å². The van der Waals surface area contributed by atoms with Crippen LogP contribution in [0.15, 0.2) is 35.2 Å². The molecule has 0 saturated heterocycles. The molecule has 1 atom stereocenters.